The third-order valence-electron chi connectivity index (χ3n) is 4.36. The maximum atomic E-state index is 12.4. The minimum absolute atomic E-state index is 0.0976. The number of anilines is 1. The van der Waals surface area contributed by atoms with Crippen molar-refractivity contribution in [3.05, 3.63) is 59.3 Å². The number of amides is 1. The fraction of sp³-hybridized carbons (Fsp3) is 0.211. The van der Waals surface area contributed by atoms with Gasteiger partial charge in [-0.3, -0.25) is 9.20 Å². The van der Waals surface area contributed by atoms with Gasteiger partial charge >= 0.3 is 0 Å². The van der Waals surface area contributed by atoms with E-state index in [0.717, 1.165) is 16.8 Å². The number of hydrogen-bond donors (Lipinski definition) is 1. The molecule has 27 heavy (non-hydrogen) atoms. The van der Waals surface area contributed by atoms with Gasteiger partial charge in [-0.15, -0.1) is 10.2 Å². The van der Waals surface area contributed by atoms with E-state index in [4.69, 9.17) is 4.52 Å². The van der Waals surface area contributed by atoms with E-state index in [2.05, 4.69) is 25.7 Å². The van der Waals surface area contributed by atoms with Gasteiger partial charge < -0.3 is 9.84 Å². The van der Waals surface area contributed by atoms with Crippen LogP contribution in [0.15, 0.2) is 41.1 Å². The van der Waals surface area contributed by atoms with Crippen molar-refractivity contribution in [2.24, 2.45) is 0 Å². The predicted octanol–water partition coefficient (Wildman–Crippen LogP) is 2.89. The van der Waals surface area contributed by atoms with Gasteiger partial charge in [-0.2, -0.15) is 4.98 Å². The second-order valence-electron chi connectivity index (χ2n) is 6.43. The van der Waals surface area contributed by atoms with E-state index in [9.17, 15) is 4.79 Å². The standard InChI is InChI=1S/C19H18N6O2/c1-11-4-6-15(8-12(11)2)21-18(26)9-17-23-22-16-7-5-14(10-25(16)17)19-20-13(3)24-27-19/h4-8,10H,9H2,1-3H3,(H,21,26). The molecule has 136 valence electrons. The van der Waals surface area contributed by atoms with Gasteiger partial charge in [0.05, 0.1) is 12.0 Å². The number of fused-ring (bicyclic) bond motifs is 1. The Morgan fingerprint density at radius 1 is 1.11 bits per heavy atom. The molecule has 0 fully saturated rings. The van der Waals surface area contributed by atoms with Gasteiger partial charge in [-0.05, 0) is 56.2 Å². The van der Waals surface area contributed by atoms with Gasteiger partial charge in [0, 0.05) is 11.9 Å². The Balaban J connectivity index is 1.57. The first-order valence-corrected chi connectivity index (χ1v) is 8.51. The van der Waals surface area contributed by atoms with Crippen LogP contribution in [-0.4, -0.2) is 30.6 Å². The number of carbonyl (C=O) groups is 1. The van der Waals surface area contributed by atoms with Crippen molar-refractivity contribution in [1.82, 2.24) is 24.7 Å². The summed E-state index contributed by atoms with van der Waals surface area (Å²) < 4.78 is 6.96. The number of hydrogen-bond acceptors (Lipinski definition) is 6. The van der Waals surface area contributed by atoms with Crippen molar-refractivity contribution >= 4 is 17.2 Å². The number of aromatic nitrogens is 5. The molecule has 4 aromatic rings. The van der Waals surface area contributed by atoms with Gasteiger partial charge in [0.25, 0.3) is 5.89 Å². The van der Waals surface area contributed by atoms with Crippen LogP contribution in [0.25, 0.3) is 17.1 Å². The van der Waals surface area contributed by atoms with Gasteiger partial charge in [0.15, 0.2) is 11.5 Å². The van der Waals surface area contributed by atoms with Crippen LogP contribution in [0, 0.1) is 20.8 Å². The van der Waals surface area contributed by atoms with Crippen LogP contribution in [0.3, 0.4) is 0 Å². The van der Waals surface area contributed by atoms with E-state index in [1.54, 1.807) is 23.6 Å². The quantitative estimate of drug-likeness (QED) is 0.599. The van der Waals surface area contributed by atoms with Crippen molar-refractivity contribution in [3.63, 3.8) is 0 Å². The van der Waals surface area contributed by atoms with E-state index >= 15 is 0 Å². The Hall–Kier alpha value is -3.55. The zero-order valence-electron chi connectivity index (χ0n) is 15.2. The van der Waals surface area contributed by atoms with Crippen LogP contribution in [-0.2, 0) is 11.2 Å². The van der Waals surface area contributed by atoms with Gasteiger partial charge in [0.2, 0.25) is 5.91 Å². The number of nitrogens with one attached hydrogen (secondary N) is 1. The van der Waals surface area contributed by atoms with Crippen LogP contribution < -0.4 is 5.32 Å². The summed E-state index contributed by atoms with van der Waals surface area (Å²) in [5.74, 6) is 1.34. The second-order valence-corrected chi connectivity index (χ2v) is 6.43. The third-order valence-corrected chi connectivity index (χ3v) is 4.36. The SMILES string of the molecule is Cc1noc(-c2ccc3nnc(CC(=O)Nc4ccc(C)c(C)c4)n3c2)n1. The lowest BCUT2D eigenvalue weighted by atomic mass is 10.1. The van der Waals surface area contributed by atoms with Crippen molar-refractivity contribution < 1.29 is 9.32 Å². The average molecular weight is 362 g/mol. The van der Waals surface area contributed by atoms with Crippen molar-refractivity contribution in [2.75, 3.05) is 5.32 Å². The van der Waals surface area contributed by atoms with Crippen molar-refractivity contribution in [1.29, 1.82) is 0 Å². The first kappa shape index (κ1) is 16.9. The highest BCUT2D eigenvalue weighted by Gasteiger charge is 2.14. The molecule has 0 saturated carbocycles. The molecule has 4 rings (SSSR count). The summed E-state index contributed by atoms with van der Waals surface area (Å²) in [4.78, 5) is 16.7. The van der Waals surface area contributed by atoms with Crippen LogP contribution in [0.1, 0.15) is 22.8 Å². The minimum atomic E-state index is -0.161. The molecule has 1 amide bonds. The Morgan fingerprint density at radius 3 is 2.70 bits per heavy atom. The largest absolute Gasteiger partial charge is 0.334 e. The number of carbonyl (C=O) groups excluding carboxylic acids is 1. The molecule has 0 bridgehead atoms. The molecular weight excluding hydrogens is 344 g/mol. The summed E-state index contributed by atoms with van der Waals surface area (Å²) in [7, 11) is 0. The molecule has 1 N–H and O–H groups in total. The van der Waals surface area contributed by atoms with Crippen molar-refractivity contribution in [3.8, 4) is 11.5 Å². The van der Waals surface area contributed by atoms with E-state index < -0.39 is 0 Å². The first-order chi connectivity index (χ1) is 13.0. The lowest BCUT2D eigenvalue weighted by Gasteiger charge is -2.07. The molecule has 1 aromatic carbocycles. The Bertz CT molecular complexity index is 1140. The molecule has 8 heteroatoms. The second kappa shape index (κ2) is 6.64. The monoisotopic (exact) mass is 362 g/mol. The molecule has 0 aliphatic heterocycles. The molecule has 3 heterocycles. The Labute approximate surface area is 155 Å². The summed E-state index contributed by atoms with van der Waals surface area (Å²) in [6, 6.07) is 9.45. The van der Waals surface area contributed by atoms with Gasteiger partial charge in [0.1, 0.15) is 5.82 Å². The summed E-state index contributed by atoms with van der Waals surface area (Å²) in [6.07, 6.45) is 1.89. The highest BCUT2D eigenvalue weighted by molar-refractivity contribution is 5.92. The molecule has 0 saturated heterocycles. The summed E-state index contributed by atoms with van der Waals surface area (Å²) in [6.45, 7) is 5.80. The third kappa shape index (κ3) is 3.41. The lowest BCUT2D eigenvalue weighted by Crippen LogP contribution is -2.16. The van der Waals surface area contributed by atoms with Crippen LogP contribution in [0.5, 0.6) is 0 Å². The Morgan fingerprint density at radius 2 is 1.96 bits per heavy atom. The minimum Gasteiger partial charge on any atom is -0.334 e. The molecule has 0 unspecified atom stereocenters. The summed E-state index contributed by atoms with van der Waals surface area (Å²) >= 11 is 0. The lowest BCUT2D eigenvalue weighted by molar-refractivity contribution is -0.115. The van der Waals surface area contributed by atoms with Crippen LogP contribution in [0.2, 0.25) is 0 Å². The number of pyridine rings is 1. The predicted molar refractivity (Wildman–Crippen MR) is 99.3 cm³/mol. The molecule has 0 aliphatic carbocycles. The van der Waals surface area contributed by atoms with E-state index in [-0.39, 0.29) is 12.3 Å². The van der Waals surface area contributed by atoms with E-state index in [0.29, 0.717) is 23.2 Å². The molecule has 3 aromatic heterocycles. The zero-order valence-corrected chi connectivity index (χ0v) is 15.2. The fourth-order valence-corrected chi connectivity index (χ4v) is 2.77. The van der Waals surface area contributed by atoms with Gasteiger partial charge in [-0.25, -0.2) is 0 Å². The van der Waals surface area contributed by atoms with Crippen LogP contribution >= 0.6 is 0 Å². The number of benzene rings is 1. The topological polar surface area (TPSA) is 98.2 Å². The summed E-state index contributed by atoms with van der Waals surface area (Å²) in [5.41, 5.74) is 4.45. The Kier molecular flexibility index (Phi) is 4.15. The number of aryl methyl sites for hydroxylation is 3. The van der Waals surface area contributed by atoms with E-state index in [1.165, 1.54) is 5.56 Å². The normalized spacial score (nSPS) is 11.1. The average Bonchev–Trinajstić information content (AvgIpc) is 3.24. The summed E-state index contributed by atoms with van der Waals surface area (Å²) in [5, 5.41) is 14.9. The maximum absolute atomic E-state index is 12.4. The zero-order chi connectivity index (χ0) is 19.0. The highest BCUT2D eigenvalue weighted by Crippen LogP contribution is 2.19. The molecule has 0 atom stereocenters. The maximum Gasteiger partial charge on any atom is 0.259 e. The number of nitrogens with zero attached hydrogens (tertiary/aromatic N) is 5. The molecule has 0 radical (unpaired) electrons. The molecular formula is C19H18N6O2. The van der Waals surface area contributed by atoms with E-state index in [1.807, 2.05) is 38.1 Å². The molecule has 0 spiro atoms. The van der Waals surface area contributed by atoms with Gasteiger partial charge in [-0.1, -0.05) is 11.2 Å². The molecule has 8 nitrogen and oxygen atoms in total. The first-order valence-electron chi connectivity index (χ1n) is 8.51. The highest BCUT2D eigenvalue weighted by atomic mass is 16.5. The smallest absolute Gasteiger partial charge is 0.259 e. The molecule has 0 aliphatic rings. The van der Waals surface area contributed by atoms with Crippen molar-refractivity contribution in [2.45, 2.75) is 27.2 Å². The number of rotatable bonds is 4. The van der Waals surface area contributed by atoms with Crippen LogP contribution in [0.4, 0.5) is 5.69 Å². The fourth-order valence-electron chi connectivity index (χ4n) is 2.77.